The Morgan fingerprint density at radius 3 is 2.94 bits per heavy atom. The molecule has 1 aromatic heterocycles. The molecular formula is C12H12N2O2S. The molecule has 0 spiro atoms. The van der Waals surface area contributed by atoms with Gasteiger partial charge in [0.1, 0.15) is 0 Å². The standard InChI is InChI=1S/C12H12N2O2S/c15-14(16)12-3-1-2-11(8-12)13-6-4-10-5-7-17-9-10/h1-3,5,7-9,13H,4,6H2. The summed E-state index contributed by atoms with van der Waals surface area (Å²) in [5, 5.41) is 17.9. The van der Waals surface area contributed by atoms with Gasteiger partial charge in [0.25, 0.3) is 5.69 Å². The highest BCUT2D eigenvalue weighted by molar-refractivity contribution is 7.07. The largest absolute Gasteiger partial charge is 0.385 e. The van der Waals surface area contributed by atoms with Gasteiger partial charge in [-0.3, -0.25) is 10.1 Å². The number of nitrogens with one attached hydrogen (secondary N) is 1. The predicted molar refractivity (Wildman–Crippen MR) is 69.6 cm³/mol. The molecule has 2 aromatic rings. The van der Waals surface area contributed by atoms with Crippen molar-refractivity contribution in [1.82, 2.24) is 0 Å². The van der Waals surface area contributed by atoms with Crippen LogP contribution < -0.4 is 5.32 Å². The molecule has 1 N–H and O–H groups in total. The zero-order valence-corrected chi connectivity index (χ0v) is 9.94. The molecule has 0 saturated carbocycles. The molecule has 4 nitrogen and oxygen atoms in total. The molecule has 5 heteroatoms. The van der Waals surface area contributed by atoms with Crippen LogP contribution in [0.5, 0.6) is 0 Å². The van der Waals surface area contributed by atoms with Crippen LogP contribution in [-0.2, 0) is 6.42 Å². The lowest BCUT2D eigenvalue weighted by atomic mass is 10.2. The van der Waals surface area contributed by atoms with Crippen LogP contribution in [0.3, 0.4) is 0 Å². The topological polar surface area (TPSA) is 55.2 Å². The lowest BCUT2D eigenvalue weighted by Gasteiger charge is -2.04. The van der Waals surface area contributed by atoms with Gasteiger partial charge in [-0.1, -0.05) is 6.07 Å². The third-order valence-electron chi connectivity index (χ3n) is 2.38. The number of non-ortho nitro benzene ring substituents is 1. The number of nitro groups is 1. The number of hydrogen-bond acceptors (Lipinski definition) is 4. The van der Waals surface area contributed by atoms with Gasteiger partial charge < -0.3 is 5.32 Å². The molecule has 0 fully saturated rings. The van der Waals surface area contributed by atoms with Crippen molar-refractivity contribution in [1.29, 1.82) is 0 Å². The van der Waals surface area contributed by atoms with E-state index in [1.54, 1.807) is 23.5 Å². The summed E-state index contributed by atoms with van der Waals surface area (Å²) in [6, 6.07) is 8.64. The highest BCUT2D eigenvalue weighted by atomic mass is 32.1. The van der Waals surface area contributed by atoms with E-state index in [9.17, 15) is 10.1 Å². The third kappa shape index (κ3) is 3.29. The van der Waals surface area contributed by atoms with Crippen LogP contribution in [0.1, 0.15) is 5.56 Å². The average Bonchev–Trinajstić information content (AvgIpc) is 2.82. The number of hydrogen-bond donors (Lipinski definition) is 1. The normalized spacial score (nSPS) is 10.1. The molecule has 0 unspecified atom stereocenters. The van der Waals surface area contributed by atoms with Crippen LogP contribution >= 0.6 is 11.3 Å². The van der Waals surface area contributed by atoms with Crippen LogP contribution in [0.25, 0.3) is 0 Å². The molecule has 0 aliphatic rings. The van der Waals surface area contributed by atoms with Gasteiger partial charge >= 0.3 is 0 Å². The number of anilines is 1. The minimum Gasteiger partial charge on any atom is -0.385 e. The van der Waals surface area contributed by atoms with E-state index in [4.69, 9.17) is 0 Å². The maximum absolute atomic E-state index is 10.6. The lowest BCUT2D eigenvalue weighted by Crippen LogP contribution is -2.04. The summed E-state index contributed by atoms with van der Waals surface area (Å²) < 4.78 is 0. The van der Waals surface area contributed by atoms with E-state index in [1.165, 1.54) is 11.6 Å². The second-order valence-corrected chi connectivity index (χ2v) is 4.40. The average molecular weight is 248 g/mol. The van der Waals surface area contributed by atoms with Crippen molar-refractivity contribution in [2.24, 2.45) is 0 Å². The number of nitro benzene ring substituents is 1. The fourth-order valence-electron chi connectivity index (χ4n) is 1.52. The molecule has 0 atom stereocenters. The first-order chi connectivity index (χ1) is 8.25. The summed E-state index contributed by atoms with van der Waals surface area (Å²) >= 11 is 1.68. The summed E-state index contributed by atoms with van der Waals surface area (Å²) in [5.74, 6) is 0. The molecule has 0 radical (unpaired) electrons. The van der Waals surface area contributed by atoms with E-state index in [0.717, 1.165) is 18.7 Å². The molecule has 0 amide bonds. The number of thiophene rings is 1. The smallest absolute Gasteiger partial charge is 0.271 e. The van der Waals surface area contributed by atoms with Crippen LogP contribution in [0.4, 0.5) is 11.4 Å². The molecule has 1 heterocycles. The molecule has 0 aliphatic heterocycles. The van der Waals surface area contributed by atoms with E-state index in [0.29, 0.717) is 0 Å². The van der Waals surface area contributed by atoms with Gasteiger partial charge in [-0.2, -0.15) is 11.3 Å². The van der Waals surface area contributed by atoms with Gasteiger partial charge in [0, 0.05) is 24.4 Å². The Morgan fingerprint density at radius 2 is 2.24 bits per heavy atom. The quantitative estimate of drug-likeness (QED) is 0.652. The second kappa shape index (κ2) is 5.45. The molecule has 2 rings (SSSR count). The fraction of sp³-hybridized carbons (Fsp3) is 0.167. The highest BCUT2D eigenvalue weighted by Crippen LogP contribution is 2.17. The van der Waals surface area contributed by atoms with Crippen molar-refractivity contribution in [2.75, 3.05) is 11.9 Å². The summed E-state index contributed by atoms with van der Waals surface area (Å²) in [6.07, 6.45) is 0.923. The lowest BCUT2D eigenvalue weighted by molar-refractivity contribution is -0.384. The molecular weight excluding hydrogens is 236 g/mol. The number of nitrogens with zero attached hydrogens (tertiary/aromatic N) is 1. The molecule has 1 aromatic carbocycles. The van der Waals surface area contributed by atoms with Gasteiger partial charge in [0.05, 0.1) is 4.92 Å². The van der Waals surface area contributed by atoms with Crippen molar-refractivity contribution in [3.05, 3.63) is 56.8 Å². The van der Waals surface area contributed by atoms with E-state index in [-0.39, 0.29) is 10.6 Å². The number of rotatable bonds is 5. The van der Waals surface area contributed by atoms with Crippen LogP contribution in [0.2, 0.25) is 0 Å². The third-order valence-corrected chi connectivity index (χ3v) is 3.11. The zero-order valence-electron chi connectivity index (χ0n) is 9.13. The Kier molecular flexibility index (Phi) is 3.72. The highest BCUT2D eigenvalue weighted by Gasteiger charge is 2.04. The van der Waals surface area contributed by atoms with E-state index in [1.807, 2.05) is 11.4 Å². The van der Waals surface area contributed by atoms with Gasteiger partial charge in [0.15, 0.2) is 0 Å². The summed E-state index contributed by atoms with van der Waals surface area (Å²) in [4.78, 5) is 10.2. The molecule has 0 aliphatic carbocycles. The molecule has 0 saturated heterocycles. The Bertz CT molecular complexity index is 497. The fourth-order valence-corrected chi connectivity index (χ4v) is 2.22. The van der Waals surface area contributed by atoms with Crippen molar-refractivity contribution in [2.45, 2.75) is 6.42 Å². The second-order valence-electron chi connectivity index (χ2n) is 3.62. The Hall–Kier alpha value is -1.88. The molecule has 17 heavy (non-hydrogen) atoms. The van der Waals surface area contributed by atoms with Crippen molar-refractivity contribution >= 4 is 22.7 Å². The Labute approximate surface area is 103 Å². The minimum atomic E-state index is -0.385. The van der Waals surface area contributed by atoms with E-state index in [2.05, 4.69) is 16.8 Å². The summed E-state index contributed by atoms with van der Waals surface area (Å²) in [5.41, 5.74) is 2.19. The van der Waals surface area contributed by atoms with Crippen molar-refractivity contribution < 1.29 is 4.92 Å². The SMILES string of the molecule is O=[N+]([O-])c1cccc(NCCc2ccsc2)c1. The van der Waals surface area contributed by atoms with Gasteiger partial charge in [-0.05, 0) is 34.9 Å². The van der Waals surface area contributed by atoms with E-state index < -0.39 is 0 Å². The van der Waals surface area contributed by atoms with Gasteiger partial charge in [-0.15, -0.1) is 0 Å². The number of benzene rings is 1. The molecule has 0 bridgehead atoms. The summed E-state index contributed by atoms with van der Waals surface area (Å²) in [7, 11) is 0. The first kappa shape index (κ1) is 11.6. The predicted octanol–water partition coefficient (Wildman–Crippen LogP) is 3.31. The first-order valence-corrected chi connectivity index (χ1v) is 6.19. The zero-order chi connectivity index (χ0) is 12.1. The van der Waals surface area contributed by atoms with Crippen LogP contribution in [0.15, 0.2) is 41.1 Å². The van der Waals surface area contributed by atoms with Gasteiger partial charge in [-0.25, -0.2) is 0 Å². The van der Waals surface area contributed by atoms with Crippen LogP contribution in [-0.4, -0.2) is 11.5 Å². The van der Waals surface area contributed by atoms with Crippen LogP contribution in [0, 0.1) is 10.1 Å². The van der Waals surface area contributed by atoms with E-state index >= 15 is 0 Å². The van der Waals surface area contributed by atoms with Gasteiger partial charge in [0.2, 0.25) is 0 Å². The van der Waals surface area contributed by atoms with Crippen molar-refractivity contribution in [3.8, 4) is 0 Å². The van der Waals surface area contributed by atoms with Crippen molar-refractivity contribution in [3.63, 3.8) is 0 Å². The maximum atomic E-state index is 10.6. The Morgan fingerprint density at radius 1 is 1.35 bits per heavy atom. The first-order valence-electron chi connectivity index (χ1n) is 5.25. The Balaban J connectivity index is 1.90. The minimum absolute atomic E-state index is 0.116. The molecule has 88 valence electrons. The monoisotopic (exact) mass is 248 g/mol. The maximum Gasteiger partial charge on any atom is 0.271 e. The summed E-state index contributed by atoms with van der Waals surface area (Å²) in [6.45, 7) is 0.776.